The van der Waals surface area contributed by atoms with Crippen molar-refractivity contribution in [2.45, 2.75) is 17.2 Å². The maximum absolute atomic E-state index is 12.7. The third-order valence-corrected chi connectivity index (χ3v) is 5.39. The van der Waals surface area contributed by atoms with E-state index in [9.17, 15) is 9.59 Å². The molecule has 152 valence electrons. The second kappa shape index (κ2) is 9.06. The first-order valence-electron chi connectivity index (χ1n) is 8.52. The van der Waals surface area contributed by atoms with Gasteiger partial charge < -0.3 is 14.8 Å². The second-order valence-electron chi connectivity index (χ2n) is 5.91. The molecule has 0 aliphatic carbocycles. The number of benzene rings is 2. The third kappa shape index (κ3) is 4.75. The average Bonchev–Trinajstić information content (AvgIpc) is 3.08. The Balaban J connectivity index is 1.79. The van der Waals surface area contributed by atoms with Crippen LogP contribution in [-0.2, 0) is 4.79 Å². The van der Waals surface area contributed by atoms with E-state index >= 15 is 0 Å². The van der Waals surface area contributed by atoms with E-state index in [2.05, 4.69) is 10.6 Å². The van der Waals surface area contributed by atoms with Crippen LogP contribution in [0.3, 0.4) is 0 Å². The lowest BCUT2D eigenvalue weighted by Gasteiger charge is -2.13. The highest BCUT2D eigenvalue weighted by Gasteiger charge is 2.29. The molecule has 0 saturated heterocycles. The van der Waals surface area contributed by atoms with Crippen molar-refractivity contribution in [2.75, 3.05) is 19.5 Å². The summed E-state index contributed by atoms with van der Waals surface area (Å²) in [5, 5.41) is 5.40. The summed E-state index contributed by atoms with van der Waals surface area (Å²) in [7, 11) is 3.07. The molecule has 1 heterocycles. The van der Waals surface area contributed by atoms with Gasteiger partial charge in [0, 0.05) is 17.2 Å². The number of thioether (sulfide) groups is 1. The zero-order valence-corrected chi connectivity index (χ0v) is 17.5. The smallest absolute Gasteiger partial charge is 0.442 e. The molecule has 0 radical (unpaired) electrons. The molecule has 2 aromatic carbocycles. The summed E-state index contributed by atoms with van der Waals surface area (Å²) in [6.07, 6.45) is 0. The summed E-state index contributed by atoms with van der Waals surface area (Å²) in [5.41, 5.74) is 0.524. The van der Waals surface area contributed by atoms with Gasteiger partial charge in [0.05, 0.1) is 25.2 Å². The minimum atomic E-state index is -0.609. The lowest BCUT2D eigenvalue weighted by atomic mass is 10.3. The van der Waals surface area contributed by atoms with E-state index in [0.29, 0.717) is 27.9 Å². The van der Waals surface area contributed by atoms with Gasteiger partial charge in [-0.1, -0.05) is 11.6 Å². The Labute approximate surface area is 175 Å². The fourth-order valence-electron chi connectivity index (χ4n) is 2.50. The summed E-state index contributed by atoms with van der Waals surface area (Å²) in [6.45, 7) is 1.68. The molecule has 1 atom stereocenters. The van der Waals surface area contributed by atoms with Crippen LogP contribution in [0.4, 0.5) is 5.69 Å². The zero-order valence-electron chi connectivity index (χ0n) is 15.9. The van der Waals surface area contributed by atoms with Gasteiger partial charge in [0.1, 0.15) is 11.5 Å². The van der Waals surface area contributed by atoms with Gasteiger partial charge in [-0.25, -0.2) is 4.79 Å². The Kier molecular flexibility index (Phi) is 6.50. The van der Waals surface area contributed by atoms with E-state index in [-0.39, 0.29) is 10.9 Å². The van der Waals surface area contributed by atoms with Crippen molar-refractivity contribution in [2.24, 2.45) is 0 Å². The number of amides is 1. The molecule has 0 spiro atoms. The topological polar surface area (TPSA) is 97.4 Å². The van der Waals surface area contributed by atoms with Crippen molar-refractivity contribution in [3.05, 3.63) is 57.9 Å². The van der Waals surface area contributed by atoms with E-state index in [1.165, 1.54) is 11.8 Å². The summed E-state index contributed by atoms with van der Waals surface area (Å²) >= 11 is 7.06. The number of hydrogen-bond acceptors (Lipinski definition) is 6. The molecule has 1 unspecified atom stereocenters. The van der Waals surface area contributed by atoms with Gasteiger partial charge in [-0.3, -0.25) is 9.32 Å². The molecule has 2 N–H and O–H groups in total. The molecule has 29 heavy (non-hydrogen) atoms. The number of carbonyl (C=O) groups excluding carboxylic acids is 1. The molecule has 0 fully saturated rings. The average molecular weight is 437 g/mol. The lowest BCUT2D eigenvalue weighted by Crippen LogP contribution is -2.37. The minimum Gasteiger partial charge on any atom is -0.497 e. The molecule has 1 amide bonds. The van der Waals surface area contributed by atoms with Gasteiger partial charge in [0.15, 0.2) is 0 Å². The number of anilines is 1. The number of nitrogens with zero attached hydrogens (tertiary/aromatic N) is 1. The quantitative estimate of drug-likeness (QED) is 0.436. The monoisotopic (exact) mass is 436 g/mol. The molecule has 0 saturated carbocycles. The number of hydrogen-bond donors (Lipinski definition) is 2. The molecule has 0 bridgehead atoms. The number of H-pyrrole nitrogens is 1. The summed E-state index contributed by atoms with van der Waals surface area (Å²) < 4.78 is 16.8. The summed E-state index contributed by atoms with van der Waals surface area (Å²) in [4.78, 5) is 24.8. The number of aromatic nitrogens is 2. The van der Waals surface area contributed by atoms with Crippen molar-refractivity contribution < 1.29 is 23.5 Å². The second-order valence-corrected chi connectivity index (χ2v) is 7.68. The molecule has 0 aliphatic heterocycles. The van der Waals surface area contributed by atoms with E-state index in [0.717, 1.165) is 11.8 Å². The number of methoxy groups -OCH3 is 2. The molecule has 10 heteroatoms. The minimum absolute atomic E-state index is 0.232. The molecule has 0 aliphatic rings. The van der Waals surface area contributed by atoms with Crippen LogP contribution in [0.5, 0.6) is 11.5 Å². The van der Waals surface area contributed by atoms with E-state index in [1.807, 2.05) is 0 Å². The van der Waals surface area contributed by atoms with E-state index in [4.69, 9.17) is 25.6 Å². The molecule has 1 aromatic heterocycles. The van der Waals surface area contributed by atoms with Crippen LogP contribution in [0.2, 0.25) is 5.02 Å². The predicted octanol–water partition coefficient (Wildman–Crippen LogP) is 3.03. The largest absolute Gasteiger partial charge is 0.497 e. The van der Waals surface area contributed by atoms with Crippen LogP contribution in [0.25, 0.3) is 5.69 Å². The van der Waals surface area contributed by atoms with Crippen LogP contribution < -0.4 is 25.1 Å². The highest BCUT2D eigenvalue weighted by molar-refractivity contribution is 8.00. The third-order valence-electron chi connectivity index (χ3n) is 4.01. The summed E-state index contributed by atoms with van der Waals surface area (Å²) in [6, 6.07) is 11.9. The highest BCUT2D eigenvalue weighted by atomic mass is 35.5. The Hall–Kier alpha value is -2.91. The molecule has 3 rings (SSSR count). The lowest BCUT2D eigenvalue weighted by molar-refractivity contribution is -0.704. The van der Waals surface area contributed by atoms with Gasteiger partial charge in [-0.15, -0.1) is 0 Å². The number of rotatable bonds is 7. The van der Waals surface area contributed by atoms with Gasteiger partial charge in [0.2, 0.25) is 11.6 Å². The van der Waals surface area contributed by atoms with Crippen LogP contribution in [0, 0.1) is 0 Å². The first-order valence-corrected chi connectivity index (χ1v) is 9.77. The first kappa shape index (κ1) is 20.8. The Morgan fingerprint density at radius 3 is 2.59 bits per heavy atom. The number of carbonyl (C=O) groups is 1. The highest BCUT2D eigenvalue weighted by Crippen LogP contribution is 2.29. The van der Waals surface area contributed by atoms with Crippen LogP contribution >= 0.6 is 23.4 Å². The Bertz CT molecular complexity index is 1060. The predicted molar refractivity (Wildman–Crippen MR) is 109 cm³/mol. The van der Waals surface area contributed by atoms with Crippen molar-refractivity contribution in [3.8, 4) is 17.2 Å². The van der Waals surface area contributed by atoms with Gasteiger partial charge in [-0.05, 0) is 59.0 Å². The maximum Gasteiger partial charge on any atom is 0.442 e. The summed E-state index contributed by atoms with van der Waals surface area (Å²) in [5.74, 6) is 0.837. The van der Waals surface area contributed by atoms with Crippen LogP contribution in [0.15, 0.2) is 56.8 Å². The van der Waals surface area contributed by atoms with E-state index < -0.39 is 10.9 Å². The maximum atomic E-state index is 12.7. The SMILES string of the molecule is COc1ccc(-[n+]2[nH]oc(=O)c2SC(C)C(=O)Nc2cc(Cl)ccc2OC)cc1. The molecule has 8 nitrogen and oxygen atoms in total. The number of ether oxygens (including phenoxy) is 2. The van der Waals surface area contributed by atoms with Crippen LogP contribution in [-0.4, -0.2) is 30.6 Å². The fraction of sp³-hybridized carbons (Fsp3) is 0.211. The zero-order chi connectivity index (χ0) is 21.0. The Morgan fingerprint density at radius 1 is 1.21 bits per heavy atom. The van der Waals surface area contributed by atoms with Crippen molar-refractivity contribution in [3.63, 3.8) is 0 Å². The number of aromatic amines is 1. The number of halogens is 1. The van der Waals surface area contributed by atoms with Crippen molar-refractivity contribution in [1.82, 2.24) is 5.27 Å². The normalized spacial score (nSPS) is 11.7. The Morgan fingerprint density at radius 2 is 1.93 bits per heavy atom. The van der Waals surface area contributed by atoms with Crippen molar-refractivity contribution in [1.29, 1.82) is 0 Å². The van der Waals surface area contributed by atoms with E-state index in [1.54, 1.807) is 56.5 Å². The molecular weight excluding hydrogens is 418 g/mol. The van der Waals surface area contributed by atoms with Crippen LogP contribution in [0.1, 0.15) is 6.92 Å². The fourth-order valence-corrected chi connectivity index (χ4v) is 3.56. The van der Waals surface area contributed by atoms with Crippen molar-refractivity contribution >= 4 is 35.0 Å². The van der Waals surface area contributed by atoms with Gasteiger partial charge in [0.25, 0.3) is 0 Å². The first-order chi connectivity index (χ1) is 13.9. The molecule has 3 aromatic rings. The van der Waals surface area contributed by atoms with Gasteiger partial charge in [-0.2, -0.15) is 0 Å². The standard InChI is InChI=1S/C19H18ClN3O5S/c1-11(17(24)21-15-10-12(20)4-9-16(15)27-3)29-18-19(25)28-22-23(18)13-5-7-14(26-2)8-6-13/h4-11H,1-3H3,(H-,21,22,24,25)/p+1. The molecular formula is C19H19ClN3O5S+. The van der Waals surface area contributed by atoms with Gasteiger partial charge >= 0.3 is 10.7 Å². The number of nitrogens with one attached hydrogen (secondary N) is 2.